The normalized spacial score (nSPS) is 14.3. The third kappa shape index (κ3) is 5.42. The van der Waals surface area contributed by atoms with Crippen LogP contribution in [-0.2, 0) is 0 Å². The van der Waals surface area contributed by atoms with E-state index in [0.29, 0.717) is 0 Å². The monoisotopic (exact) mass is 346 g/mol. The number of rotatable bonds is 2. The second-order valence-electron chi connectivity index (χ2n) is 3.41. The Labute approximate surface area is 94.2 Å². The fraction of sp³-hybridized carbons (Fsp3) is 0.750. The van der Waals surface area contributed by atoms with E-state index in [2.05, 4.69) is 74.6 Å². The molecule has 0 aliphatic heterocycles. The van der Waals surface area contributed by atoms with Crippen LogP contribution in [0.3, 0.4) is 0 Å². The molecule has 0 bridgehead atoms. The van der Waals surface area contributed by atoms with Crippen LogP contribution in [0, 0.1) is 5.41 Å². The molecule has 11 heavy (non-hydrogen) atoms. The number of alkyl halides is 3. The van der Waals surface area contributed by atoms with Gasteiger partial charge in [0, 0.05) is 5.33 Å². The van der Waals surface area contributed by atoms with Crippen LogP contribution in [0.25, 0.3) is 0 Å². The lowest BCUT2D eigenvalue weighted by molar-refractivity contribution is 0.506. The van der Waals surface area contributed by atoms with E-state index < -0.39 is 0 Å². The highest BCUT2D eigenvalue weighted by atomic mass is 79.9. The molecule has 3 heteroatoms. The highest BCUT2D eigenvalue weighted by Crippen LogP contribution is 2.28. The number of hydrogen-bond donors (Lipinski definition) is 0. The summed E-state index contributed by atoms with van der Waals surface area (Å²) in [6.45, 7) is 6.63. The minimum absolute atomic E-state index is 0.253. The van der Waals surface area contributed by atoms with Crippen LogP contribution in [0.4, 0.5) is 0 Å². The van der Waals surface area contributed by atoms with Crippen LogP contribution >= 0.6 is 47.8 Å². The summed E-state index contributed by atoms with van der Waals surface area (Å²) in [6, 6.07) is 0. The maximum atomic E-state index is 3.47. The lowest BCUT2D eigenvalue weighted by atomic mass is 9.88. The van der Waals surface area contributed by atoms with Gasteiger partial charge in [-0.1, -0.05) is 80.2 Å². The third-order valence-electron chi connectivity index (χ3n) is 1.43. The molecule has 0 fully saturated rings. The van der Waals surface area contributed by atoms with E-state index in [-0.39, 0.29) is 9.15 Å². The summed E-state index contributed by atoms with van der Waals surface area (Å²) in [5.74, 6) is 0. The van der Waals surface area contributed by atoms with Crippen molar-refractivity contribution in [3.8, 4) is 0 Å². The molecule has 0 unspecified atom stereocenters. The Balaban J connectivity index is 4.41. The van der Waals surface area contributed by atoms with Crippen molar-refractivity contribution in [3.63, 3.8) is 0 Å². The predicted molar refractivity (Wildman–Crippen MR) is 63.0 cm³/mol. The van der Waals surface area contributed by atoms with Crippen molar-refractivity contribution in [2.45, 2.75) is 24.5 Å². The van der Waals surface area contributed by atoms with Crippen molar-refractivity contribution in [2.75, 3.05) is 5.33 Å². The molecule has 0 aliphatic rings. The van der Waals surface area contributed by atoms with Crippen LogP contribution in [0.15, 0.2) is 11.6 Å². The Bertz CT molecular complexity index is 142. The summed E-state index contributed by atoms with van der Waals surface area (Å²) in [5.41, 5.74) is 1.65. The molecule has 0 nitrogen and oxygen atoms in total. The molecule has 0 aromatic rings. The standard InChI is InChI=1S/C8H13Br3/c1-8(2,3)6(5-9)4-7(10)11/h4,7H,5H2,1-3H3/b6-4+. The fourth-order valence-electron chi connectivity index (χ4n) is 0.647. The lowest BCUT2D eigenvalue weighted by Gasteiger charge is -2.21. The van der Waals surface area contributed by atoms with Gasteiger partial charge < -0.3 is 0 Å². The molecule has 0 saturated heterocycles. The van der Waals surface area contributed by atoms with Gasteiger partial charge in [0.15, 0.2) is 0 Å². The largest absolute Gasteiger partial charge is 0.0880 e. The first kappa shape index (κ1) is 12.2. The molecule has 0 heterocycles. The molecular formula is C8H13Br3. The van der Waals surface area contributed by atoms with E-state index in [1.54, 1.807) is 0 Å². The topological polar surface area (TPSA) is 0 Å². The average Bonchev–Trinajstić information content (AvgIpc) is 1.79. The summed E-state index contributed by atoms with van der Waals surface area (Å²) in [6.07, 6.45) is 2.18. The average molecular weight is 349 g/mol. The molecule has 0 spiro atoms. The van der Waals surface area contributed by atoms with Crippen molar-refractivity contribution < 1.29 is 0 Å². The summed E-state index contributed by atoms with van der Waals surface area (Å²) >= 11 is 10.3. The van der Waals surface area contributed by atoms with Crippen LogP contribution in [0.2, 0.25) is 0 Å². The van der Waals surface area contributed by atoms with Gasteiger partial charge in [0.1, 0.15) is 0 Å². The quantitative estimate of drug-likeness (QED) is 0.510. The highest BCUT2D eigenvalue weighted by Gasteiger charge is 2.16. The Hall–Kier alpha value is 1.18. The van der Waals surface area contributed by atoms with Gasteiger partial charge in [-0.25, -0.2) is 0 Å². The smallest absolute Gasteiger partial charge is 0.0880 e. The summed E-state index contributed by atoms with van der Waals surface area (Å²) in [7, 11) is 0. The van der Waals surface area contributed by atoms with Crippen molar-refractivity contribution in [3.05, 3.63) is 11.6 Å². The summed E-state index contributed by atoms with van der Waals surface area (Å²) < 4.78 is 0.279. The first-order chi connectivity index (χ1) is 4.88. The maximum absolute atomic E-state index is 3.47. The first-order valence-corrected chi connectivity index (χ1v) is 6.38. The molecule has 0 saturated carbocycles. The third-order valence-corrected chi connectivity index (χ3v) is 2.57. The molecule has 0 aromatic heterocycles. The van der Waals surface area contributed by atoms with Crippen LogP contribution in [-0.4, -0.2) is 9.07 Å². The van der Waals surface area contributed by atoms with Gasteiger partial charge in [0.05, 0.1) is 3.74 Å². The zero-order chi connectivity index (χ0) is 9.07. The Morgan fingerprint density at radius 3 is 1.91 bits per heavy atom. The predicted octanol–water partition coefficient (Wildman–Crippen LogP) is 4.47. The minimum Gasteiger partial charge on any atom is -0.0880 e. The van der Waals surface area contributed by atoms with E-state index in [9.17, 15) is 0 Å². The van der Waals surface area contributed by atoms with E-state index in [1.165, 1.54) is 5.57 Å². The minimum atomic E-state index is 0.253. The first-order valence-electron chi connectivity index (χ1n) is 3.43. The summed E-state index contributed by atoms with van der Waals surface area (Å²) in [5, 5.41) is 0.935. The Kier molecular flexibility index (Phi) is 5.57. The zero-order valence-electron chi connectivity index (χ0n) is 7.00. The molecule has 0 atom stereocenters. The van der Waals surface area contributed by atoms with Crippen molar-refractivity contribution in [1.82, 2.24) is 0 Å². The van der Waals surface area contributed by atoms with Gasteiger partial charge in [-0.05, 0) is 5.41 Å². The second-order valence-corrected chi connectivity index (χ2v) is 7.17. The Morgan fingerprint density at radius 1 is 1.36 bits per heavy atom. The van der Waals surface area contributed by atoms with Gasteiger partial charge in [-0.15, -0.1) is 0 Å². The van der Waals surface area contributed by atoms with E-state index in [1.807, 2.05) is 0 Å². The summed E-state index contributed by atoms with van der Waals surface area (Å²) in [4.78, 5) is 0. The highest BCUT2D eigenvalue weighted by molar-refractivity contribution is 9.24. The SMILES string of the molecule is CC(C)(C)/C(=C/C(Br)Br)CBr. The molecule has 0 amide bonds. The molecule has 0 N–H and O–H groups in total. The molecule has 0 rings (SSSR count). The zero-order valence-corrected chi connectivity index (χ0v) is 11.8. The van der Waals surface area contributed by atoms with Gasteiger partial charge >= 0.3 is 0 Å². The lowest BCUT2D eigenvalue weighted by Crippen LogP contribution is -2.11. The van der Waals surface area contributed by atoms with E-state index in [0.717, 1.165) is 5.33 Å². The van der Waals surface area contributed by atoms with Crippen molar-refractivity contribution >= 4 is 47.8 Å². The maximum Gasteiger partial charge on any atom is 0.0880 e. The van der Waals surface area contributed by atoms with E-state index >= 15 is 0 Å². The van der Waals surface area contributed by atoms with Gasteiger partial charge in [-0.2, -0.15) is 0 Å². The fourth-order valence-corrected chi connectivity index (χ4v) is 2.31. The number of hydrogen-bond acceptors (Lipinski definition) is 0. The van der Waals surface area contributed by atoms with Crippen LogP contribution in [0.1, 0.15) is 20.8 Å². The number of halogens is 3. The van der Waals surface area contributed by atoms with E-state index in [4.69, 9.17) is 0 Å². The Morgan fingerprint density at radius 2 is 1.82 bits per heavy atom. The van der Waals surface area contributed by atoms with Crippen LogP contribution < -0.4 is 0 Å². The van der Waals surface area contributed by atoms with Crippen molar-refractivity contribution in [2.24, 2.45) is 5.41 Å². The van der Waals surface area contributed by atoms with Crippen LogP contribution in [0.5, 0.6) is 0 Å². The molecule has 0 aromatic carbocycles. The van der Waals surface area contributed by atoms with Gasteiger partial charge in [-0.3, -0.25) is 0 Å². The second kappa shape index (κ2) is 5.03. The van der Waals surface area contributed by atoms with Gasteiger partial charge in [0.2, 0.25) is 0 Å². The van der Waals surface area contributed by atoms with Crippen molar-refractivity contribution in [1.29, 1.82) is 0 Å². The number of allylic oxidation sites excluding steroid dienone is 2. The molecule has 66 valence electrons. The molecule has 0 radical (unpaired) electrons. The molecular weight excluding hydrogens is 336 g/mol. The van der Waals surface area contributed by atoms with Gasteiger partial charge in [0.25, 0.3) is 0 Å². The molecule has 0 aliphatic carbocycles.